The highest BCUT2D eigenvalue weighted by Gasteiger charge is 2.30. The Hall–Kier alpha value is -0.740. The molecule has 100 valence electrons. The number of rotatable bonds is 2. The molecule has 3 nitrogen and oxygen atoms in total. The number of ether oxygens (including phenoxy) is 1. The quantitative estimate of drug-likeness (QED) is 0.908. The molecule has 0 radical (unpaired) electrons. The van der Waals surface area contributed by atoms with Gasteiger partial charge in [-0.2, -0.15) is 0 Å². The maximum atomic E-state index is 5.34. The molecule has 1 aromatic rings. The predicted octanol–water partition coefficient (Wildman–Crippen LogP) is 3.03. The Morgan fingerprint density at radius 2 is 2.11 bits per heavy atom. The van der Waals surface area contributed by atoms with Gasteiger partial charge in [-0.3, -0.25) is 0 Å². The van der Waals surface area contributed by atoms with Crippen LogP contribution < -0.4 is 15.0 Å². The zero-order valence-corrected chi connectivity index (χ0v) is 13.0. The first kappa shape index (κ1) is 13.7. The molecule has 1 aromatic carbocycles. The molecule has 1 atom stereocenters. The van der Waals surface area contributed by atoms with Crippen LogP contribution in [0.3, 0.4) is 0 Å². The minimum atomic E-state index is 0.141. The van der Waals surface area contributed by atoms with Crippen LogP contribution in [0.5, 0.6) is 5.75 Å². The van der Waals surface area contributed by atoms with Crippen LogP contribution in [0, 0.1) is 0 Å². The van der Waals surface area contributed by atoms with Crippen molar-refractivity contribution in [1.29, 1.82) is 0 Å². The van der Waals surface area contributed by atoms with Gasteiger partial charge in [0.25, 0.3) is 0 Å². The largest absolute Gasteiger partial charge is 0.497 e. The van der Waals surface area contributed by atoms with Gasteiger partial charge < -0.3 is 15.0 Å². The van der Waals surface area contributed by atoms with E-state index in [2.05, 4.69) is 59.1 Å². The lowest BCUT2D eigenvalue weighted by Crippen LogP contribution is -2.61. The molecule has 1 saturated heterocycles. The van der Waals surface area contributed by atoms with E-state index in [9.17, 15) is 0 Å². The van der Waals surface area contributed by atoms with Gasteiger partial charge in [0.1, 0.15) is 5.75 Å². The standard InChI is InChI=1S/C14H21BrN2O/c1-10-8-16-14(2,3)9-17(10)12-5-11(15)6-13(7-12)18-4/h5-7,10,16H,8-9H2,1-4H3. The highest BCUT2D eigenvalue weighted by atomic mass is 79.9. The minimum Gasteiger partial charge on any atom is -0.497 e. The molecule has 1 aliphatic heterocycles. The fraction of sp³-hybridized carbons (Fsp3) is 0.571. The number of halogens is 1. The molecule has 0 aromatic heterocycles. The maximum absolute atomic E-state index is 5.34. The van der Waals surface area contributed by atoms with E-state index in [1.807, 2.05) is 6.07 Å². The van der Waals surface area contributed by atoms with Gasteiger partial charge in [-0.1, -0.05) is 15.9 Å². The number of benzene rings is 1. The highest BCUT2D eigenvalue weighted by molar-refractivity contribution is 9.10. The fourth-order valence-corrected chi connectivity index (χ4v) is 2.81. The van der Waals surface area contributed by atoms with E-state index in [4.69, 9.17) is 4.74 Å². The molecule has 1 aliphatic rings. The SMILES string of the molecule is COc1cc(Br)cc(N2CC(C)(C)NCC2C)c1. The fourth-order valence-electron chi connectivity index (χ4n) is 2.35. The zero-order valence-electron chi connectivity index (χ0n) is 11.5. The van der Waals surface area contributed by atoms with Crippen LogP contribution in [0.15, 0.2) is 22.7 Å². The topological polar surface area (TPSA) is 24.5 Å². The second kappa shape index (κ2) is 5.10. The van der Waals surface area contributed by atoms with Crippen LogP contribution in [0.2, 0.25) is 0 Å². The van der Waals surface area contributed by atoms with E-state index in [1.165, 1.54) is 5.69 Å². The van der Waals surface area contributed by atoms with E-state index in [0.717, 1.165) is 23.3 Å². The molecule has 0 aliphatic carbocycles. The first-order valence-electron chi connectivity index (χ1n) is 6.27. The summed E-state index contributed by atoms with van der Waals surface area (Å²) < 4.78 is 6.40. The number of nitrogens with zero attached hydrogens (tertiary/aromatic N) is 1. The Balaban J connectivity index is 2.31. The van der Waals surface area contributed by atoms with Crippen LogP contribution >= 0.6 is 15.9 Å². The van der Waals surface area contributed by atoms with E-state index in [1.54, 1.807) is 7.11 Å². The Morgan fingerprint density at radius 1 is 1.39 bits per heavy atom. The van der Waals surface area contributed by atoms with E-state index in [-0.39, 0.29) is 5.54 Å². The number of piperazine rings is 1. The van der Waals surface area contributed by atoms with Gasteiger partial charge in [0.05, 0.1) is 7.11 Å². The molecule has 18 heavy (non-hydrogen) atoms. The van der Waals surface area contributed by atoms with Gasteiger partial charge in [0.2, 0.25) is 0 Å². The summed E-state index contributed by atoms with van der Waals surface area (Å²) in [6, 6.07) is 6.72. The third-order valence-electron chi connectivity index (χ3n) is 3.40. The molecule has 1 heterocycles. The van der Waals surface area contributed by atoms with E-state index >= 15 is 0 Å². The maximum Gasteiger partial charge on any atom is 0.122 e. The van der Waals surface area contributed by atoms with Crippen molar-refractivity contribution in [1.82, 2.24) is 5.32 Å². The normalized spacial score (nSPS) is 22.9. The molecule has 0 spiro atoms. The van der Waals surface area contributed by atoms with Crippen LogP contribution in [0.1, 0.15) is 20.8 Å². The third kappa shape index (κ3) is 2.98. The number of nitrogens with one attached hydrogen (secondary N) is 1. The smallest absolute Gasteiger partial charge is 0.122 e. The molecule has 0 amide bonds. The Labute approximate surface area is 118 Å². The lowest BCUT2D eigenvalue weighted by atomic mass is 9.98. The summed E-state index contributed by atoms with van der Waals surface area (Å²) in [4.78, 5) is 2.43. The van der Waals surface area contributed by atoms with Gasteiger partial charge >= 0.3 is 0 Å². The molecule has 1 fully saturated rings. The van der Waals surface area contributed by atoms with Crippen molar-refractivity contribution < 1.29 is 4.74 Å². The van der Waals surface area contributed by atoms with Crippen molar-refractivity contribution in [2.24, 2.45) is 0 Å². The second-order valence-electron chi connectivity index (χ2n) is 5.59. The molecular formula is C14H21BrN2O. The second-order valence-corrected chi connectivity index (χ2v) is 6.51. The Bertz CT molecular complexity index is 434. The summed E-state index contributed by atoms with van der Waals surface area (Å²) >= 11 is 3.55. The molecule has 0 bridgehead atoms. The van der Waals surface area contributed by atoms with Crippen molar-refractivity contribution in [3.8, 4) is 5.75 Å². The summed E-state index contributed by atoms with van der Waals surface area (Å²) in [6.07, 6.45) is 0. The van der Waals surface area contributed by atoms with Gasteiger partial charge in [-0.15, -0.1) is 0 Å². The molecule has 1 unspecified atom stereocenters. The molecule has 1 N–H and O–H groups in total. The molecule has 0 saturated carbocycles. The first-order valence-corrected chi connectivity index (χ1v) is 7.07. The summed E-state index contributed by atoms with van der Waals surface area (Å²) in [7, 11) is 1.71. The van der Waals surface area contributed by atoms with E-state index < -0.39 is 0 Å². The van der Waals surface area contributed by atoms with Crippen molar-refractivity contribution >= 4 is 21.6 Å². The predicted molar refractivity (Wildman–Crippen MR) is 79.6 cm³/mol. The monoisotopic (exact) mass is 312 g/mol. The zero-order chi connectivity index (χ0) is 13.3. The van der Waals surface area contributed by atoms with Crippen molar-refractivity contribution in [2.75, 3.05) is 25.1 Å². The van der Waals surface area contributed by atoms with Gasteiger partial charge in [-0.05, 0) is 32.9 Å². The number of hydrogen-bond acceptors (Lipinski definition) is 3. The lowest BCUT2D eigenvalue weighted by molar-refractivity contribution is 0.318. The van der Waals surface area contributed by atoms with Gasteiger partial charge in [-0.25, -0.2) is 0 Å². The summed E-state index contributed by atoms with van der Waals surface area (Å²) in [5, 5.41) is 3.57. The summed E-state index contributed by atoms with van der Waals surface area (Å²) in [5.41, 5.74) is 1.35. The highest BCUT2D eigenvalue weighted by Crippen LogP contribution is 2.30. The molecular weight excluding hydrogens is 292 g/mol. The number of hydrogen-bond donors (Lipinski definition) is 1. The average molecular weight is 313 g/mol. The minimum absolute atomic E-state index is 0.141. The Kier molecular flexibility index (Phi) is 3.87. The van der Waals surface area contributed by atoms with Crippen LogP contribution in [-0.2, 0) is 0 Å². The lowest BCUT2D eigenvalue weighted by Gasteiger charge is -2.44. The summed E-state index contributed by atoms with van der Waals surface area (Å²) in [5.74, 6) is 0.892. The number of anilines is 1. The van der Waals surface area contributed by atoms with Gasteiger partial charge in [0, 0.05) is 40.9 Å². The van der Waals surface area contributed by atoms with Crippen LogP contribution in [0.25, 0.3) is 0 Å². The molecule has 4 heteroatoms. The van der Waals surface area contributed by atoms with Crippen LogP contribution in [0.4, 0.5) is 5.69 Å². The third-order valence-corrected chi connectivity index (χ3v) is 3.85. The Morgan fingerprint density at radius 3 is 2.78 bits per heavy atom. The van der Waals surface area contributed by atoms with Crippen LogP contribution in [-0.4, -0.2) is 31.8 Å². The van der Waals surface area contributed by atoms with Crippen molar-refractivity contribution in [2.45, 2.75) is 32.4 Å². The van der Waals surface area contributed by atoms with E-state index in [0.29, 0.717) is 6.04 Å². The van der Waals surface area contributed by atoms with Crippen molar-refractivity contribution in [3.63, 3.8) is 0 Å². The molecule has 2 rings (SSSR count). The first-order chi connectivity index (χ1) is 8.41. The number of methoxy groups -OCH3 is 1. The van der Waals surface area contributed by atoms with Gasteiger partial charge in [0.15, 0.2) is 0 Å². The summed E-state index contributed by atoms with van der Waals surface area (Å²) in [6.45, 7) is 8.72. The average Bonchev–Trinajstić information content (AvgIpc) is 2.31. The van der Waals surface area contributed by atoms with Crippen molar-refractivity contribution in [3.05, 3.63) is 22.7 Å².